The quantitative estimate of drug-likeness (QED) is 0.706. The van der Waals surface area contributed by atoms with E-state index in [9.17, 15) is 14.4 Å². The number of esters is 1. The van der Waals surface area contributed by atoms with Gasteiger partial charge in [-0.05, 0) is 34.6 Å². The summed E-state index contributed by atoms with van der Waals surface area (Å²) in [5.41, 5.74) is -1.15. The second kappa shape index (κ2) is 7.11. The Bertz CT molecular complexity index is 349. The molecule has 0 aliphatic heterocycles. The van der Waals surface area contributed by atoms with E-state index < -0.39 is 17.4 Å². The van der Waals surface area contributed by atoms with Crippen molar-refractivity contribution in [1.82, 2.24) is 4.90 Å². The summed E-state index contributed by atoms with van der Waals surface area (Å²) in [4.78, 5) is 35.9. The maximum absolute atomic E-state index is 12.1. The van der Waals surface area contributed by atoms with Gasteiger partial charge >= 0.3 is 11.9 Å². The molecule has 0 atom stereocenters. The van der Waals surface area contributed by atoms with E-state index in [0.717, 1.165) is 0 Å². The van der Waals surface area contributed by atoms with Crippen LogP contribution in [0.4, 0.5) is 0 Å². The molecule has 0 radical (unpaired) electrons. The minimum Gasteiger partial charge on any atom is -0.481 e. The number of carboxylic acid groups (broad SMARTS) is 1. The predicted molar refractivity (Wildman–Crippen MR) is 69.5 cm³/mol. The van der Waals surface area contributed by atoms with Gasteiger partial charge < -0.3 is 14.7 Å². The summed E-state index contributed by atoms with van der Waals surface area (Å²) < 4.78 is 4.80. The molecule has 0 aromatic rings. The molecule has 0 unspecified atom stereocenters. The minimum absolute atomic E-state index is 0.153. The molecule has 1 N–H and O–H groups in total. The normalized spacial score (nSPS) is 11.3. The molecular formula is C13H23NO5. The molecule has 0 saturated carbocycles. The third kappa shape index (κ3) is 5.72. The van der Waals surface area contributed by atoms with Gasteiger partial charge in [0, 0.05) is 12.5 Å². The standard InChI is InChI=1S/C13H23NO5/c1-6-19-11(16)8-14(9(2)3)10(15)7-13(4,5)12(17)18/h9H,6-8H2,1-5H3,(H,17,18). The number of aliphatic carboxylic acids is 1. The average molecular weight is 273 g/mol. The van der Waals surface area contributed by atoms with Crippen LogP contribution < -0.4 is 0 Å². The molecule has 0 aromatic carbocycles. The van der Waals surface area contributed by atoms with Crippen molar-refractivity contribution in [3.63, 3.8) is 0 Å². The molecule has 0 fully saturated rings. The van der Waals surface area contributed by atoms with Crippen LogP contribution in [0.5, 0.6) is 0 Å². The summed E-state index contributed by atoms with van der Waals surface area (Å²) in [6, 6.07) is -0.193. The number of amides is 1. The molecule has 6 nitrogen and oxygen atoms in total. The Morgan fingerprint density at radius 2 is 1.79 bits per heavy atom. The summed E-state index contributed by atoms with van der Waals surface area (Å²) in [5.74, 6) is -1.89. The van der Waals surface area contributed by atoms with Gasteiger partial charge in [0.05, 0.1) is 12.0 Å². The number of carbonyl (C=O) groups excluding carboxylic acids is 2. The van der Waals surface area contributed by atoms with E-state index in [1.807, 2.05) is 0 Å². The van der Waals surface area contributed by atoms with E-state index in [4.69, 9.17) is 9.84 Å². The van der Waals surface area contributed by atoms with Crippen LogP contribution >= 0.6 is 0 Å². The fourth-order valence-corrected chi connectivity index (χ4v) is 1.46. The van der Waals surface area contributed by atoms with Crippen molar-refractivity contribution in [3.8, 4) is 0 Å². The predicted octanol–water partition coefficient (Wildman–Crippen LogP) is 1.29. The van der Waals surface area contributed by atoms with Gasteiger partial charge in [0.15, 0.2) is 0 Å². The highest BCUT2D eigenvalue weighted by atomic mass is 16.5. The molecule has 6 heteroatoms. The third-order valence-electron chi connectivity index (χ3n) is 2.72. The topological polar surface area (TPSA) is 83.9 Å². The zero-order chi connectivity index (χ0) is 15.2. The van der Waals surface area contributed by atoms with Gasteiger partial charge in [-0.2, -0.15) is 0 Å². The lowest BCUT2D eigenvalue weighted by molar-refractivity contribution is -0.154. The molecule has 0 spiro atoms. The van der Waals surface area contributed by atoms with Crippen LogP contribution in [0.2, 0.25) is 0 Å². The fraction of sp³-hybridized carbons (Fsp3) is 0.769. The van der Waals surface area contributed by atoms with Crippen molar-refractivity contribution >= 4 is 17.8 Å². The van der Waals surface area contributed by atoms with Crippen LogP contribution in [-0.4, -0.2) is 47.0 Å². The second-order valence-corrected chi connectivity index (χ2v) is 5.29. The van der Waals surface area contributed by atoms with Crippen molar-refractivity contribution in [2.75, 3.05) is 13.2 Å². The van der Waals surface area contributed by atoms with Crippen molar-refractivity contribution in [1.29, 1.82) is 0 Å². The van der Waals surface area contributed by atoms with E-state index in [-0.39, 0.29) is 31.5 Å². The Labute approximate surface area is 113 Å². The Hall–Kier alpha value is -1.59. The van der Waals surface area contributed by atoms with Crippen LogP contribution in [0.1, 0.15) is 41.0 Å². The highest BCUT2D eigenvalue weighted by Crippen LogP contribution is 2.22. The maximum atomic E-state index is 12.1. The Morgan fingerprint density at radius 3 is 2.16 bits per heavy atom. The molecule has 0 heterocycles. The van der Waals surface area contributed by atoms with Crippen LogP contribution in [0, 0.1) is 5.41 Å². The van der Waals surface area contributed by atoms with Crippen molar-refractivity contribution in [3.05, 3.63) is 0 Å². The third-order valence-corrected chi connectivity index (χ3v) is 2.72. The summed E-state index contributed by atoms with van der Waals surface area (Å²) in [5, 5.41) is 9.01. The first kappa shape index (κ1) is 17.4. The summed E-state index contributed by atoms with van der Waals surface area (Å²) in [6.45, 7) is 8.29. The van der Waals surface area contributed by atoms with E-state index in [2.05, 4.69) is 0 Å². The largest absolute Gasteiger partial charge is 0.481 e. The molecular weight excluding hydrogens is 250 g/mol. The molecule has 1 amide bonds. The Morgan fingerprint density at radius 1 is 1.26 bits per heavy atom. The van der Waals surface area contributed by atoms with Crippen LogP contribution in [0.3, 0.4) is 0 Å². The molecule has 0 rings (SSSR count). The SMILES string of the molecule is CCOC(=O)CN(C(=O)CC(C)(C)C(=O)O)C(C)C. The van der Waals surface area contributed by atoms with Crippen molar-refractivity contribution in [2.45, 2.75) is 47.1 Å². The molecule has 0 aliphatic carbocycles. The zero-order valence-corrected chi connectivity index (χ0v) is 12.2. The van der Waals surface area contributed by atoms with Crippen molar-refractivity contribution in [2.24, 2.45) is 5.41 Å². The number of carbonyl (C=O) groups is 3. The van der Waals surface area contributed by atoms with E-state index in [0.29, 0.717) is 0 Å². The number of nitrogens with zero attached hydrogens (tertiary/aromatic N) is 1. The number of hydrogen-bond donors (Lipinski definition) is 1. The van der Waals surface area contributed by atoms with Gasteiger partial charge in [0.1, 0.15) is 6.54 Å². The van der Waals surface area contributed by atoms with Gasteiger partial charge in [0.2, 0.25) is 5.91 Å². The summed E-state index contributed by atoms with van der Waals surface area (Å²) >= 11 is 0. The monoisotopic (exact) mass is 273 g/mol. The molecule has 0 bridgehead atoms. The average Bonchev–Trinajstić information content (AvgIpc) is 2.24. The summed E-state index contributed by atoms with van der Waals surface area (Å²) in [6.07, 6.45) is -0.153. The highest BCUT2D eigenvalue weighted by Gasteiger charge is 2.33. The first-order chi connectivity index (χ1) is 8.61. The lowest BCUT2D eigenvalue weighted by Gasteiger charge is -2.29. The van der Waals surface area contributed by atoms with E-state index >= 15 is 0 Å². The summed E-state index contributed by atoms with van der Waals surface area (Å²) in [7, 11) is 0. The van der Waals surface area contributed by atoms with Crippen LogP contribution in [-0.2, 0) is 19.1 Å². The number of ether oxygens (including phenoxy) is 1. The highest BCUT2D eigenvalue weighted by molar-refractivity contribution is 5.87. The van der Waals surface area contributed by atoms with Gasteiger partial charge in [-0.1, -0.05) is 0 Å². The smallest absolute Gasteiger partial charge is 0.325 e. The van der Waals surface area contributed by atoms with Gasteiger partial charge in [-0.3, -0.25) is 14.4 Å². The molecule has 0 saturated heterocycles. The van der Waals surface area contributed by atoms with Crippen LogP contribution in [0.25, 0.3) is 0 Å². The van der Waals surface area contributed by atoms with Gasteiger partial charge in [-0.15, -0.1) is 0 Å². The van der Waals surface area contributed by atoms with Gasteiger partial charge in [-0.25, -0.2) is 0 Å². The first-order valence-electron chi connectivity index (χ1n) is 6.30. The van der Waals surface area contributed by atoms with Crippen molar-refractivity contribution < 1.29 is 24.2 Å². The molecule has 19 heavy (non-hydrogen) atoms. The zero-order valence-electron chi connectivity index (χ0n) is 12.2. The second-order valence-electron chi connectivity index (χ2n) is 5.29. The van der Waals surface area contributed by atoms with E-state index in [1.165, 1.54) is 18.7 Å². The minimum atomic E-state index is -1.15. The lowest BCUT2D eigenvalue weighted by Crippen LogP contribution is -2.43. The lowest BCUT2D eigenvalue weighted by atomic mass is 9.89. The number of hydrogen-bond acceptors (Lipinski definition) is 4. The first-order valence-corrected chi connectivity index (χ1v) is 6.30. The molecule has 110 valence electrons. The maximum Gasteiger partial charge on any atom is 0.325 e. The van der Waals surface area contributed by atoms with E-state index in [1.54, 1.807) is 20.8 Å². The Kier molecular flexibility index (Phi) is 6.52. The van der Waals surface area contributed by atoms with Gasteiger partial charge in [0.25, 0.3) is 0 Å². The fourth-order valence-electron chi connectivity index (χ4n) is 1.46. The molecule has 0 aromatic heterocycles. The Balaban J connectivity index is 4.77. The number of rotatable bonds is 7. The number of carboxylic acids is 1. The molecule has 0 aliphatic rings. The van der Waals surface area contributed by atoms with Crippen LogP contribution in [0.15, 0.2) is 0 Å².